The molecule has 2 rings (SSSR count). The number of nitrogens with zero attached hydrogens (tertiary/aromatic N) is 1. The molecule has 0 unspecified atom stereocenters. The molecule has 2 amide bonds. The largest absolute Gasteiger partial charge is 0.497 e. The van der Waals surface area contributed by atoms with Crippen LogP contribution in [0.3, 0.4) is 0 Å². The molecule has 0 radical (unpaired) electrons. The molecule has 0 saturated heterocycles. The first-order chi connectivity index (χ1) is 14.1. The van der Waals surface area contributed by atoms with Gasteiger partial charge in [0, 0.05) is 17.1 Å². The van der Waals surface area contributed by atoms with E-state index in [1.54, 1.807) is 38.3 Å². The Morgan fingerprint density at radius 3 is 2.33 bits per heavy atom. The van der Waals surface area contributed by atoms with Crippen molar-refractivity contribution in [3.05, 3.63) is 59.1 Å². The third-order valence-corrected chi connectivity index (χ3v) is 4.57. The van der Waals surface area contributed by atoms with Gasteiger partial charge >= 0.3 is 0 Å². The van der Waals surface area contributed by atoms with Crippen LogP contribution in [-0.2, 0) is 16.1 Å². The lowest BCUT2D eigenvalue weighted by molar-refractivity contribution is -0.142. The van der Waals surface area contributed by atoms with Gasteiger partial charge in [-0.2, -0.15) is 0 Å². The van der Waals surface area contributed by atoms with Crippen LogP contribution in [-0.4, -0.2) is 42.0 Å². The summed E-state index contributed by atoms with van der Waals surface area (Å²) in [6.07, 6.45) is 0. The minimum atomic E-state index is -0.679. The van der Waals surface area contributed by atoms with Gasteiger partial charge in [0.05, 0.1) is 7.11 Å². The maximum atomic E-state index is 13.0. The van der Waals surface area contributed by atoms with Crippen LogP contribution in [0.5, 0.6) is 11.5 Å². The molecule has 0 bridgehead atoms. The molecule has 30 heavy (non-hydrogen) atoms. The Balaban J connectivity index is 2.17. The van der Waals surface area contributed by atoms with E-state index in [0.717, 1.165) is 11.3 Å². The standard InChI is InChI=1S/C23H29ClN2O4/c1-16(22(28)25-23(2,3)4)26(14-17-9-11-19(29-5)12-10-17)21(27)15-30-20-8-6-7-18(24)13-20/h6-13,16H,14-15H2,1-5H3,(H,25,28)/t16-/m1/s1. The highest BCUT2D eigenvalue weighted by molar-refractivity contribution is 6.30. The zero-order chi connectivity index (χ0) is 22.3. The third-order valence-electron chi connectivity index (χ3n) is 4.34. The van der Waals surface area contributed by atoms with Crippen LogP contribution in [0.25, 0.3) is 0 Å². The molecule has 0 aliphatic rings. The van der Waals surface area contributed by atoms with Gasteiger partial charge in [0.15, 0.2) is 6.61 Å². The van der Waals surface area contributed by atoms with Crippen LogP contribution < -0.4 is 14.8 Å². The van der Waals surface area contributed by atoms with Gasteiger partial charge < -0.3 is 19.7 Å². The number of methoxy groups -OCH3 is 1. The first-order valence-electron chi connectivity index (χ1n) is 9.72. The predicted molar refractivity (Wildman–Crippen MR) is 118 cm³/mol. The van der Waals surface area contributed by atoms with Gasteiger partial charge in [-0.05, 0) is 63.6 Å². The monoisotopic (exact) mass is 432 g/mol. The Morgan fingerprint density at radius 2 is 1.77 bits per heavy atom. The number of hydrogen-bond donors (Lipinski definition) is 1. The van der Waals surface area contributed by atoms with Crippen LogP contribution in [0.2, 0.25) is 5.02 Å². The van der Waals surface area contributed by atoms with Gasteiger partial charge in [-0.15, -0.1) is 0 Å². The Hall–Kier alpha value is -2.73. The van der Waals surface area contributed by atoms with Gasteiger partial charge in [0.2, 0.25) is 5.91 Å². The van der Waals surface area contributed by atoms with Crippen molar-refractivity contribution in [2.75, 3.05) is 13.7 Å². The van der Waals surface area contributed by atoms with Crippen molar-refractivity contribution >= 4 is 23.4 Å². The topological polar surface area (TPSA) is 67.9 Å². The number of rotatable bonds is 8. The number of benzene rings is 2. The predicted octanol–water partition coefficient (Wildman–Crippen LogP) is 4.06. The highest BCUT2D eigenvalue weighted by Crippen LogP contribution is 2.18. The summed E-state index contributed by atoms with van der Waals surface area (Å²) in [5.41, 5.74) is 0.472. The van der Waals surface area contributed by atoms with Crippen molar-refractivity contribution in [1.82, 2.24) is 10.2 Å². The van der Waals surface area contributed by atoms with E-state index in [1.807, 2.05) is 45.0 Å². The Bertz CT molecular complexity index is 862. The number of amides is 2. The fourth-order valence-electron chi connectivity index (χ4n) is 2.77. The molecular weight excluding hydrogens is 404 g/mol. The number of halogens is 1. The molecule has 1 atom stereocenters. The van der Waals surface area contributed by atoms with E-state index in [4.69, 9.17) is 21.1 Å². The summed E-state index contributed by atoms with van der Waals surface area (Å²) < 4.78 is 10.8. The van der Waals surface area contributed by atoms with E-state index < -0.39 is 11.6 Å². The second-order valence-corrected chi connectivity index (χ2v) is 8.47. The lowest BCUT2D eigenvalue weighted by Crippen LogP contribution is -2.53. The first-order valence-corrected chi connectivity index (χ1v) is 10.1. The molecule has 0 saturated carbocycles. The Morgan fingerprint density at radius 1 is 1.10 bits per heavy atom. The van der Waals surface area contributed by atoms with E-state index in [1.165, 1.54) is 4.90 Å². The molecule has 2 aromatic rings. The number of ether oxygens (including phenoxy) is 2. The van der Waals surface area contributed by atoms with Crippen molar-refractivity contribution < 1.29 is 19.1 Å². The summed E-state index contributed by atoms with van der Waals surface area (Å²) in [5.74, 6) is 0.681. The van der Waals surface area contributed by atoms with E-state index in [9.17, 15) is 9.59 Å². The van der Waals surface area contributed by atoms with Crippen LogP contribution in [0, 0.1) is 0 Å². The van der Waals surface area contributed by atoms with Crippen molar-refractivity contribution in [2.24, 2.45) is 0 Å². The second kappa shape index (κ2) is 10.3. The van der Waals surface area contributed by atoms with Gasteiger partial charge in [-0.25, -0.2) is 0 Å². The Kier molecular flexibility index (Phi) is 8.12. The normalized spacial score (nSPS) is 12.1. The minimum Gasteiger partial charge on any atom is -0.497 e. The molecule has 0 aliphatic heterocycles. The van der Waals surface area contributed by atoms with Crippen molar-refractivity contribution in [3.63, 3.8) is 0 Å². The summed E-state index contributed by atoms with van der Waals surface area (Å²) >= 11 is 5.97. The minimum absolute atomic E-state index is 0.205. The number of nitrogens with one attached hydrogen (secondary N) is 1. The molecule has 0 heterocycles. The molecule has 0 aliphatic carbocycles. The average Bonchev–Trinajstić information content (AvgIpc) is 2.69. The summed E-state index contributed by atoms with van der Waals surface area (Å²) in [7, 11) is 1.59. The fourth-order valence-corrected chi connectivity index (χ4v) is 2.95. The number of hydrogen-bond acceptors (Lipinski definition) is 4. The molecule has 0 fully saturated rings. The maximum Gasteiger partial charge on any atom is 0.261 e. The highest BCUT2D eigenvalue weighted by atomic mass is 35.5. The third kappa shape index (κ3) is 7.26. The zero-order valence-corrected chi connectivity index (χ0v) is 18.8. The maximum absolute atomic E-state index is 13.0. The van der Waals surface area contributed by atoms with E-state index in [2.05, 4.69) is 5.32 Å². The van der Waals surface area contributed by atoms with Crippen molar-refractivity contribution in [2.45, 2.75) is 45.8 Å². The summed E-state index contributed by atoms with van der Waals surface area (Å²) in [6.45, 7) is 7.46. The van der Waals surface area contributed by atoms with Crippen molar-refractivity contribution in [3.8, 4) is 11.5 Å². The molecular formula is C23H29ClN2O4. The van der Waals surface area contributed by atoms with Gasteiger partial charge in [0.25, 0.3) is 5.91 Å². The SMILES string of the molecule is COc1ccc(CN(C(=O)COc2cccc(Cl)c2)[C@H](C)C(=O)NC(C)(C)C)cc1. The molecule has 162 valence electrons. The van der Waals surface area contributed by atoms with Crippen LogP contribution in [0.4, 0.5) is 0 Å². The first kappa shape index (κ1) is 23.5. The van der Waals surface area contributed by atoms with Crippen molar-refractivity contribution in [1.29, 1.82) is 0 Å². The fraction of sp³-hybridized carbons (Fsp3) is 0.391. The number of carbonyl (C=O) groups is 2. The van der Waals surface area contributed by atoms with E-state index in [0.29, 0.717) is 10.8 Å². The molecule has 6 nitrogen and oxygen atoms in total. The molecule has 0 aromatic heterocycles. The lowest BCUT2D eigenvalue weighted by Gasteiger charge is -2.31. The van der Waals surface area contributed by atoms with Crippen LogP contribution in [0.15, 0.2) is 48.5 Å². The second-order valence-electron chi connectivity index (χ2n) is 8.03. The quantitative estimate of drug-likeness (QED) is 0.683. The molecule has 0 spiro atoms. The van der Waals surface area contributed by atoms with E-state index in [-0.39, 0.29) is 25.0 Å². The average molecular weight is 433 g/mol. The molecule has 7 heteroatoms. The zero-order valence-electron chi connectivity index (χ0n) is 18.1. The van der Waals surface area contributed by atoms with Gasteiger partial charge in [-0.3, -0.25) is 9.59 Å². The van der Waals surface area contributed by atoms with Gasteiger partial charge in [-0.1, -0.05) is 29.8 Å². The Labute approximate surface area is 183 Å². The smallest absolute Gasteiger partial charge is 0.261 e. The highest BCUT2D eigenvalue weighted by Gasteiger charge is 2.28. The summed E-state index contributed by atoms with van der Waals surface area (Å²) in [4.78, 5) is 27.2. The summed E-state index contributed by atoms with van der Waals surface area (Å²) in [6, 6.07) is 13.5. The van der Waals surface area contributed by atoms with Crippen LogP contribution >= 0.6 is 11.6 Å². The number of carbonyl (C=O) groups excluding carboxylic acids is 2. The molecule has 1 N–H and O–H groups in total. The van der Waals surface area contributed by atoms with Gasteiger partial charge in [0.1, 0.15) is 17.5 Å². The lowest BCUT2D eigenvalue weighted by atomic mass is 10.1. The summed E-state index contributed by atoms with van der Waals surface area (Å²) in [5, 5.41) is 3.45. The van der Waals surface area contributed by atoms with E-state index >= 15 is 0 Å². The molecule has 2 aromatic carbocycles. The van der Waals surface area contributed by atoms with Crippen LogP contribution in [0.1, 0.15) is 33.3 Å².